The topological polar surface area (TPSA) is 71.6 Å². The van der Waals surface area contributed by atoms with E-state index in [1.54, 1.807) is 36.4 Å². The summed E-state index contributed by atoms with van der Waals surface area (Å²) in [5.41, 5.74) is 1.03. The molecule has 132 valence electrons. The molecular formula is C17H17ClN2O4S. The van der Waals surface area contributed by atoms with Crippen molar-refractivity contribution in [1.29, 1.82) is 0 Å². The minimum absolute atomic E-state index is 0.159. The molecule has 8 heteroatoms. The second-order valence-electron chi connectivity index (χ2n) is 5.35. The van der Waals surface area contributed by atoms with Crippen LogP contribution in [0.15, 0.2) is 47.5 Å². The molecule has 1 aromatic heterocycles. The molecule has 2 aromatic carbocycles. The van der Waals surface area contributed by atoms with Crippen molar-refractivity contribution in [3.63, 3.8) is 0 Å². The number of fused-ring (bicyclic) bond motifs is 1. The van der Waals surface area contributed by atoms with Crippen LogP contribution < -0.4 is 13.8 Å². The number of aromatic amines is 1. The lowest BCUT2D eigenvalue weighted by Gasteiger charge is -2.22. The Kier molecular flexibility index (Phi) is 4.53. The molecular weight excluding hydrogens is 364 g/mol. The fourth-order valence-electron chi connectivity index (χ4n) is 2.61. The summed E-state index contributed by atoms with van der Waals surface area (Å²) in [5, 5.41) is 1.10. The maximum absolute atomic E-state index is 13.1. The van der Waals surface area contributed by atoms with Crippen LogP contribution in [-0.2, 0) is 10.0 Å². The fraction of sp³-hybridized carbons (Fsp3) is 0.176. The quantitative estimate of drug-likeness (QED) is 0.733. The molecule has 0 aliphatic heterocycles. The van der Waals surface area contributed by atoms with Gasteiger partial charge >= 0.3 is 0 Å². The van der Waals surface area contributed by atoms with Gasteiger partial charge in [0.1, 0.15) is 16.4 Å². The van der Waals surface area contributed by atoms with Gasteiger partial charge in [0.15, 0.2) is 0 Å². The van der Waals surface area contributed by atoms with Crippen LogP contribution in [0.4, 0.5) is 5.69 Å². The highest BCUT2D eigenvalue weighted by Crippen LogP contribution is 2.36. The Morgan fingerprint density at radius 3 is 2.52 bits per heavy atom. The highest BCUT2D eigenvalue weighted by atomic mass is 35.5. The molecule has 0 unspecified atom stereocenters. The van der Waals surface area contributed by atoms with Gasteiger partial charge in [-0.3, -0.25) is 4.31 Å². The summed E-state index contributed by atoms with van der Waals surface area (Å²) < 4.78 is 37.9. The predicted molar refractivity (Wildman–Crippen MR) is 98.4 cm³/mol. The molecule has 0 aliphatic carbocycles. The first-order chi connectivity index (χ1) is 11.9. The van der Waals surface area contributed by atoms with Gasteiger partial charge in [0.2, 0.25) is 0 Å². The van der Waals surface area contributed by atoms with Crippen molar-refractivity contribution in [2.75, 3.05) is 25.6 Å². The van der Waals surface area contributed by atoms with Gasteiger partial charge in [-0.05, 0) is 30.3 Å². The number of sulfonamides is 1. The monoisotopic (exact) mass is 380 g/mol. The highest BCUT2D eigenvalue weighted by molar-refractivity contribution is 7.93. The average Bonchev–Trinajstić information content (AvgIpc) is 3.04. The van der Waals surface area contributed by atoms with E-state index in [1.165, 1.54) is 31.8 Å². The zero-order chi connectivity index (χ0) is 18.2. The Morgan fingerprint density at radius 2 is 1.84 bits per heavy atom. The molecule has 6 nitrogen and oxygen atoms in total. The van der Waals surface area contributed by atoms with Crippen LogP contribution >= 0.6 is 11.6 Å². The van der Waals surface area contributed by atoms with Gasteiger partial charge in [-0.25, -0.2) is 8.42 Å². The molecule has 0 saturated heterocycles. The molecule has 0 radical (unpaired) electrons. The van der Waals surface area contributed by atoms with Crippen molar-refractivity contribution in [1.82, 2.24) is 4.98 Å². The number of aromatic nitrogens is 1. The van der Waals surface area contributed by atoms with Gasteiger partial charge in [0.25, 0.3) is 10.0 Å². The number of halogens is 1. The number of nitrogens with zero attached hydrogens (tertiary/aromatic N) is 1. The molecule has 1 heterocycles. The van der Waals surface area contributed by atoms with E-state index in [2.05, 4.69) is 4.98 Å². The van der Waals surface area contributed by atoms with E-state index >= 15 is 0 Å². The molecule has 0 atom stereocenters. The molecule has 3 rings (SSSR count). The number of anilines is 1. The zero-order valence-corrected chi connectivity index (χ0v) is 15.5. The van der Waals surface area contributed by atoms with Crippen LogP contribution in [0.1, 0.15) is 0 Å². The van der Waals surface area contributed by atoms with Gasteiger partial charge in [0.05, 0.1) is 19.9 Å². The highest BCUT2D eigenvalue weighted by Gasteiger charge is 2.27. The van der Waals surface area contributed by atoms with E-state index in [9.17, 15) is 8.42 Å². The normalized spacial score (nSPS) is 11.5. The summed E-state index contributed by atoms with van der Waals surface area (Å²) in [6.07, 6.45) is 1.46. The van der Waals surface area contributed by atoms with Crippen LogP contribution in [0.3, 0.4) is 0 Å². The fourth-order valence-corrected chi connectivity index (χ4v) is 4.14. The van der Waals surface area contributed by atoms with Crippen molar-refractivity contribution in [2.45, 2.75) is 4.90 Å². The van der Waals surface area contributed by atoms with Gasteiger partial charge in [-0.15, -0.1) is 0 Å². The minimum Gasteiger partial charge on any atom is -0.497 e. The summed E-state index contributed by atoms with van der Waals surface area (Å²) in [4.78, 5) is 3.11. The van der Waals surface area contributed by atoms with E-state index in [-0.39, 0.29) is 4.90 Å². The molecule has 1 N–H and O–H groups in total. The summed E-state index contributed by atoms with van der Waals surface area (Å²) in [6, 6.07) is 10.00. The number of ether oxygens (including phenoxy) is 2. The number of H-pyrrole nitrogens is 1. The third kappa shape index (κ3) is 3.01. The van der Waals surface area contributed by atoms with E-state index < -0.39 is 10.0 Å². The average molecular weight is 381 g/mol. The largest absolute Gasteiger partial charge is 0.497 e. The van der Waals surface area contributed by atoms with Crippen LogP contribution in [0.2, 0.25) is 5.02 Å². The molecule has 0 spiro atoms. The summed E-state index contributed by atoms with van der Waals surface area (Å²) in [6.45, 7) is 0. The Balaban J connectivity index is 2.13. The zero-order valence-electron chi connectivity index (χ0n) is 13.9. The molecule has 0 saturated carbocycles. The SMILES string of the molecule is COc1ccc(OC)c(N(C)S(=O)(=O)c2c[nH]c3cc(Cl)ccc23)c1. The third-order valence-corrected chi connectivity index (χ3v) is 6.02. The van der Waals surface area contributed by atoms with Gasteiger partial charge in [0, 0.05) is 35.2 Å². The Labute approximate surface area is 151 Å². The van der Waals surface area contributed by atoms with Crippen LogP contribution in [-0.4, -0.2) is 34.7 Å². The number of rotatable bonds is 5. The molecule has 0 bridgehead atoms. The van der Waals surface area contributed by atoms with E-state index in [1.807, 2.05) is 0 Å². The van der Waals surface area contributed by atoms with Crippen molar-refractivity contribution < 1.29 is 17.9 Å². The standard InChI is InChI=1S/C17H17ClN2O4S/c1-20(15-9-12(23-2)5-7-16(15)24-3)25(21,22)17-10-19-14-8-11(18)4-6-13(14)17/h4-10,19H,1-3H3. The Morgan fingerprint density at radius 1 is 1.08 bits per heavy atom. The second kappa shape index (κ2) is 6.50. The van der Waals surface area contributed by atoms with Gasteiger partial charge in [-0.1, -0.05) is 11.6 Å². The van der Waals surface area contributed by atoms with Crippen molar-refractivity contribution in [3.05, 3.63) is 47.6 Å². The minimum atomic E-state index is -3.82. The Bertz CT molecular complexity index is 1030. The van der Waals surface area contributed by atoms with Gasteiger partial charge < -0.3 is 14.5 Å². The number of benzene rings is 2. The smallest absolute Gasteiger partial charge is 0.266 e. The van der Waals surface area contributed by atoms with E-state index in [0.717, 1.165) is 0 Å². The first-order valence-electron chi connectivity index (χ1n) is 7.36. The summed E-state index contributed by atoms with van der Waals surface area (Å²) in [5.74, 6) is 0.957. The lowest BCUT2D eigenvalue weighted by molar-refractivity contribution is 0.404. The molecule has 0 amide bonds. The van der Waals surface area contributed by atoms with Gasteiger partial charge in [-0.2, -0.15) is 0 Å². The number of hydrogen-bond acceptors (Lipinski definition) is 4. The number of nitrogens with one attached hydrogen (secondary N) is 1. The van der Waals surface area contributed by atoms with Crippen molar-refractivity contribution in [3.8, 4) is 11.5 Å². The molecule has 0 aliphatic rings. The van der Waals surface area contributed by atoms with Crippen molar-refractivity contribution in [2.24, 2.45) is 0 Å². The lowest BCUT2D eigenvalue weighted by Crippen LogP contribution is -2.26. The lowest BCUT2D eigenvalue weighted by atomic mass is 10.2. The maximum atomic E-state index is 13.1. The molecule has 25 heavy (non-hydrogen) atoms. The third-order valence-electron chi connectivity index (χ3n) is 3.97. The molecule has 0 fully saturated rings. The van der Waals surface area contributed by atoms with Crippen LogP contribution in [0, 0.1) is 0 Å². The van der Waals surface area contributed by atoms with Crippen molar-refractivity contribution >= 4 is 38.2 Å². The first-order valence-corrected chi connectivity index (χ1v) is 9.18. The van der Waals surface area contributed by atoms with Crippen LogP contribution in [0.25, 0.3) is 10.9 Å². The summed E-state index contributed by atoms with van der Waals surface area (Å²) >= 11 is 5.96. The Hall–Kier alpha value is -2.38. The maximum Gasteiger partial charge on any atom is 0.266 e. The summed E-state index contributed by atoms with van der Waals surface area (Å²) in [7, 11) is 0.654. The van der Waals surface area contributed by atoms with Crippen LogP contribution in [0.5, 0.6) is 11.5 Å². The second-order valence-corrected chi connectivity index (χ2v) is 7.73. The van der Waals surface area contributed by atoms with E-state index in [0.29, 0.717) is 33.1 Å². The molecule has 3 aromatic rings. The van der Waals surface area contributed by atoms with E-state index in [4.69, 9.17) is 21.1 Å². The number of hydrogen-bond donors (Lipinski definition) is 1. The first kappa shape index (κ1) is 17.4. The number of methoxy groups -OCH3 is 2. The predicted octanol–water partition coefficient (Wildman–Crippen LogP) is 3.66.